The molecule has 0 aliphatic heterocycles. The van der Waals surface area contributed by atoms with Gasteiger partial charge in [0.15, 0.2) is 0 Å². The van der Waals surface area contributed by atoms with E-state index in [1.54, 1.807) is 0 Å². The minimum atomic E-state index is 0.500. The van der Waals surface area contributed by atoms with Gasteiger partial charge in [-0.2, -0.15) is 0 Å². The van der Waals surface area contributed by atoms with Gasteiger partial charge in [0.2, 0.25) is 0 Å². The fourth-order valence-corrected chi connectivity index (χ4v) is 0.637. The first kappa shape index (κ1) is 18.6. The molecule has 0 atom stereocenters. The van der Waals surface area contributed by atoms with Crippen molar-refractivity contribution < 1.29 is 0 Å². The zero-order valence-corrected chi connectivity index (χ0v) is 13.4. The Balaban J connectivity index is 0. The molecule has 100 valence electrons. The average Bonchev–Trinajstić information content (AvgIpc) is 2.06. The lowest BCUT2D eigenvalue weighted by molar-refractivity contribution is 0.469. The summed E-state index contributed by atoms with van der Waals surface area (Å²) in [4.78, 5) is 0. The Kier molecular flexibility index (Phi) is 10.1. The molecule has 0 radical (unpaired) electrons. The Morgan fingerprint density at radius 1 is 0.706 bits per heavy atom. The van der Waals surface area contributed by atoms with Crippen molar-refractivity contribution in [1.82, 2.24) is 0 Å². The van der Waals surface area contributed by atoms with E-state index in [1.165, 1.54) is 11.1 Å². The molecule has 0 fully saturated rings. The summed E-state index contributed by atoms with van der Waals surface area (Å²) in [6.07, 6.45) is 0. The van der Waals surface area contributed by atoms with Gasteiger partial charge in [-0.15, -0.1) is 0 Å². The highest BCUT2D eigenvalue weighted by Crippen LogP contribution is 2.08. The number of hydrogen-bond donors (Lipinski definition) is 0. The first-order valence-corrected chi connectivity index (χ1v) is 6.55. The zero-order chi connectivity index (χ0) is 14.1. The summed E-state index contributed by atoms with van der Waals surface area (Å²) in [5.74, 6) is 0.833. The first-order valence-electron chi connectivity index (χ1n) is 6.55. The van der Waals surface area contributed by atoms with Crippen LogP contribution in [0.1, 0.15) is 59.6 Å². The summed E-state index contributed by atoms with van der Waals surface area (Å²) in [6.45, 7) is 19.4. The maximum Gasteiger partial charge on any atom is -0.0398 e. The normalized spacial score (nSPS) is 10.0. The van der Waals surface area contributed by atoms with E-state index in [0.29, 0.717) is 5.41 Å². The van der Waals surface area contributed by atoms with Gasteiger partial charge >= 0.3 is 0 Å². The monoisotopic (exact) mass is 236 g/mol. The zero-order valence-electron chi connectivity index (χ0n) is 13.4. The Labute approximate surface area is 109 Å². The van der Waals surface area contributed by atoms with E-state index in [-0.39, 0.29) is 0 Å². The van der Waals surface area contributed by atoms with Crippen LogP contribution in [-0.2, 0) is 0 Å². The minimum Gasteiger partial charge on any atom is -0.0630 e. The van der Waals surface area contributed by atoms with Gasteiger partial charge in [0, 0.05) is 0 Å². The van der Waals surface area contributed by atoms with Crippen LogP contribution in [0.5, 0.6) is 0 Å². The Bertz CT molecular complexity index is 229. The number of hydrogen-bond acceptors (Lipinski definition) is 0. The fourth-order valence-electron chi connectivity index (χ4n) is 0.637. The highest BCUT2D eigenvalue weighted by atomic mass is 14.0. The Hall–Kier alpha value is -0.780. The molecule has 1 aromatic rings. The van der Waals surface area contributed by atoms with Gasteiger partial charge in [-0.25, -0.2) is 0 Å². The van der Waals surface area contributed by atoms with Gasteiger partial charge in [-0.1, -0.05) is 83.9 Å². The molecule has 0 bridgehead atoms. The SMILES string of the molecule is CC(C)(C)C.CC(C)C.Cc1ccc(C)cc1. The summed E-state index contributed by atoms with van der Waals surface area (Å²) in [7, 11) is 0. The highest BCUT2D eigenvalue weighted by Gasteiger charge is 1.95. The van der Waals surface area contributed by atoms with E-state index in [0.717, 1.165) is 5.92 Å². The molecule has 1 rings (SSSR count). The molecule has 17 heavy (non-hydrogen) atoms. The third-order valence-electron chi connectivity index (χ3n) is 1.22. The third kappa shape index (κ3) is 31.3. The van der Waals surface area contributed by atoms with Gasteiger partial charge in [-0.3, -0.25) is 0 Å². The molecular weight excluding hydrogens is 204 g/mol. The van der Waals surface area contributed by atoms with Crippen molar-refractivity contribution in [2.24, 2.45) is 11.3 Å². The molecule has 0 saturated carbocycles. The second-order valence-electron chi connectivity index (χ2n) is 6.89. The van der Waals surface area contributed by atoms with Crippen LogP contribution in [0.3, 0.4) is 0 Å². The predicted octanol–water partition coefficient (Wildman–Crippen LogP) is 6.02. The summed E-state index contributed by atoms with van der Waals surface area (Å²) in [5, 5.41) is 0. The lowest BCUT2D eigenvalue weighted by Gasteiger charge is -2.05. The molecule has 0 spiro atoms. The molecule has 0 heteroatoms. The lowest BCUT2D eigenvalue weighted by atomic mass is 10.0. The molecule has 0 aromatic heterocycles. The number of rotatable bonds is 0. The molecule has 0 amide bonds. The molecule has 0 nitrogen and oxygen atoms in total. The van der Waals surface area contributed by atoms with Crippen LogP contribution in [0.4, 0.5) is 0 Å². The smallest absolute Gasteiger partial charge is 0.0398 e. The van der Waals surface area contributed by atoms with Crippen molar-refractivity contribution in [3.05, 3.63) is 35.4 Å². The van der Waals surface area contributed by atoms with E-state index < -0.39 is 0 Å². The van der Waals surface area contributed by atoms with Crippen molar-refractivity contribution in [2.75, 3.05) is 0 Å². The van der Waals surface area contributed by atoms with Crippen molar-refractivity contribution >= 4 is 0 Å². The van der Waals surface area contributed by atoms with Crippen LogP contribution in [0, 0.1) is 25.2 Å². The van der Waals surface area contributed by atoms with Crippen LogP contribution in [0.15, 0.2) is 24.3 Å². The van der Waals surface area contributed by atoms with E-state index in [1.807, 2.05) is 0 Å². The van der Waals surface area contributed by atoms with Crippen LogP contribution in [0.2, 0.25) is 0 Å². The van der Waals surface area contributed by atoms with E-state index in [4.69, 9.17) is 0 Å². The number of benzene rings is 1. The maximum atomic E-state index is 2.19. The lowest BCUT2D eigenvalue weighted by Crippen LogP contribution is -1.93. The fraction of sp³-hybridized carbons (Fsp3) is 0.647. The summed E-state index contributed by atoms with van der Waals surface area (Å²) in [5.41, 5.74) is 3.16. The standard InChI is InChI=1S/C8H10.C5H12.C4H10/c1-7-3-5-8(2)6-4-7;1-5(2,3)4;1-4(2)3/h3-6H,1-2H3;1-4H3;4H,1-3H3. The topological polar surface area (TPSA) is 0 Å². The number of aryl methyl sites for hydroxylation is 2. The van der Waals surface area contributed by atoms with Crippen LogP contribution >= 0.6 is 0 Å². The second kappa shape index (κ2) is 9.27. The molecule has 0 N–H and O–H groups in total. The predicted molar refractivity (Wildman–Crippen MR) is 81.6 cm³/mol. The molecule has 1 aromatic carbocycles. The van der Waals surface area contributed by atoms with E-state index in [2.05, 4.69) is 86.6 Å². The van der Waals surface area contributed by atoms with E-state index >= 15 is 0 Å². The van der Waals surface area contributed by atoms with Gasteiger partial charge in [0.25, 0.3) is 0 Å². The minimum absolute atomic E-state index is 0.500. The van der Waals surface area contributed by atoms with Crippen LogP contribution in [0.25, 0.3) is 0 Å². The largest absolute Gasteiger partial charge is 0.0630 e. The van der Waals surface area contributed by atoms with Crippen molar-refractivity contribution in [1.29, 1.82) is 0 Å². The van der Waals surface area contributed by atoms with Gasteiger partial charge in [0.05, 0.1) is 0 Å². The summed E-state index contributed by atoms with van der Waals surface area (Å²) in [6, 6.07) is 8.48. The molecule has 0 heterocycles. The van der Waals surface area contributed by atoms with Crippen molar-refractivity contribution in [2.45, 2.75) is 62.3 Å². The van der Waals surface area contributed by atoms with Gasteiger partial charge in [0.1, 0.15) is 0 Å². The summed E-state index contributed by atoms with van der Waals surface area (Å²) >= 11 is 0. The molecular formula is C17H32. The van der Waals surface area contributed by atoms with E-state index in [9.17, 15) is 0 Å². The maximum absolute atomic E-state index is 2.19. The van der Waals surface area contributed by atoms with Crippen LogP contribution < -0.4 is 0 Å². The van der Waals surface area contributed by atoms with Crippen molar-refractivity contribution in [3.63, 3.8) is 0 Å². The highest BCUT2D eigenvalue weighted by molar-refractivity contribution is 5.19. The second-order valence-corrected chi connectivity index (χ2v) is 6.89. The van der Waals surface area contributed by atoms with Gasteiger partial charge in [-0.05, 0) is 25.2 Å². The first-order chi connectivity index (χ1) is 7.52. The molecule has 0 aliphatic rings. The quantitative estimate of drug-likeness (QED) is 0.517. The Morgan fingerprint density at radius 2 is 0.824 bits per heavy atom. The molecule has 0 saturated heterocycles. The molecule has 0 aliphatic carbocycles. The van der Waals surface area contributed by atoms with Gasteiger partial charge < -0.3 is 0 Å². The Morgan fingerprint density at radius 3 is 0.941 bits per heavy atom. The third-order valence-corrected chi connectivity index (χ3v) is 1.22. The summed E-state index contributed by atoms with van der Waals surface area (Å²) < 4.78 is 0. The average molecular weight is 236 g/mol. The van der Waals surface area contributed by atoms with Crippen LogP contribution in [-0.4, -0.2) is 0 Å². The molecule has 0 unspecified atom stereocenters. The van der Waals surface area contributed by atoms with Crippen molar-refractivity contribution in [3.8, 4) is 0 Å².